The standard InChI is InChI=1S/C18H11BrClFO/c19-12-9-13(11-5-2-1-3-6-11)18(22)14(10-12)17-15(20)7-4-8-16(17)21/h1-10,22H/i1D,2D,3D,5D,6D. The van der Waals surface area contributed by atoms with Crippen LogP contribution in [0.2, 0.25) is 5.02 Å². The van der Waals surface area contributed by atoms with E-state index in [-0.39, 0.29) is 27.3 Å². The minimum absolute atomic E-state index is 0.0318. The second kappa shape index (κ2) is 6.11. The van der Waals surface area contributed by atoms with Gasteiger partial charge in [-0.25, -0.2) is 4.39 Å². The van der Waals surface area contributed by atoms with Crippen LogP contribution in [0.1, 0.15) is 6.85 Å². The molecule has 3 aromatic rings. The lowest BCUT2D eigenvalue weighted by atomic mass is 9.97. The molecule has 0 spiro atoms. The minimum Gasteiger partial charge on any atom is -0.507 e. The van der Waals surface area contributed by atoms with Gasteiger partial charge in [0.05, 0.1) is 11.9 Å². The maximum absolute atomic E-state index is 14.4. The van der Waals surface area contributed by atoms with Gasteiger partial charge in [-0.15, -0.1) is 0 Å². The molecule has 0 saturated heterocycles. The van der Waals surface area contributed by atoms with Crippen molar-refractivity contribution in [1.29, 1.82) is 0 Å². The van der Waals surface area contributed by atoms with Crippen LogP contribution in [-0.4, -0.2) is 5.11 Å². The Bertz CT molecular complexity index is 1040. The third-order valence-electron chi connectivity index (χ3n) is 3.08. The highest BCUT2D eigenvalue weighted by Gasteiger charge is 2.17. The van der Waals surface area contributed by atoms with Gasteiger partial charge in [0.2, 0.25) is 0 Å². The lowest BCUT2D eigenvalue weighted by Crippen LogP contribution is -1.89. The summed E-state index contributed by atoms with van der Waals surface area (Å²) >= 11 is 9.36. The molecule has 0 saturated carbocycles. The van der Waals surface area contributed by atoms with Crippen LogP contribution in [0.3, 0.4) is 0 Å². The van der Waals surface area contributed by atoms with Crippen LogP contribution in [0.5, 0.6) is 5.75 Å². The summed E-state index contributed by atoms with van der Waals surface area (Å²) in [4.78, 5) is 0. The Hall–Kier alpha value is -1.84. The van der Waals surface area contributed by atoms with Crippen LogP contribution in [0.4, 0.5) is 4.39 Å². The van der Waals surface area contributed by atoms with Crippen molar-refractivity contribution in [3.63, 3.8) is 0 Å². The molecule has 0 aliphatic rings. The van der Waals surface area contributed by atoms with E-state index in [9.17, 15) is 9.50 Å². The molecule has 0 unspecified atom stereocenters. The second-order valence-electron chi connectivity index (χ2n) is 4.45. The first-order valence-corrected chi connectivity index (χ1v) is 7.36. The number of hydrogen-bond donors (Lipinski definition) is 1. The van der Waals surface area contributed by atoms with Crippen molar-refractivity contribution in [3.8, 4) is 28.0 Å². The quantitative estimate of drug-likeness (QED) is 0.553. The van der Waals surface area contributed by atoms with Gasteiger partial charge in [0.15, 0.2) is 0 Å². The number of aromatic hydroxyl groups is 1. The van der Waals surface area contributed by atoms with Crippen molar-refractivity contribution < 1.29 is 16.4 Å². The molecule has 0 bridgehead atoms. The smallest absolute Gasteiger partial charge is 0.132 e. The molecule has 0 aliphatic carbocycles. The summed E-state index contributed by atoms with van der Waals surface area (Å²) in [6.45, 7) is 0. The van der Waals surface area contributed by atoms with Crippen LogP contribution in [0.25, 0.3) is 22.3 Å². The summed E-state index contributed by atoms with van der Waals surface area (Å²) in [5.41, 5.74) is -0.231. The first-order chi connectivity index (χ1) is 12.6. The number of rotatable bonds is 2. The zero-order valence-electron chi connectivity index (χ0n) is 16.0. The van der Waals surface area contributed by atoms with Gasteiger partial charge in [-0.2, -0.15) is 0 Å². The second-order valence-corrected chi connectivity index (χ2v) is 5.77. The Labute approximate surface area is 148 Å². The molecule has 0 heterocycles. The van der Waals surface area contributed by atoms with E-state index in [1.165, 1.54) is 30.3 Å². The molecule has 0 aromatic heterocycles. The Morgan fingerprint density at radius 3 is 2.45 bits per heavy atom. The summed E-state index contributed by atoms with van der Waals surface area (Å²) in [5, 5.41) is 10.9. The zero-order valence-corrected chi connectivity index (χ0v) is 13.3. The highest BCUT2D eigenvalue weighted by Crippen LogP contribution is 2.43. The summed E-state index contributed by atoms with van der Waals surface area (Å²) < 4.78 is 54.3. The van der Waals surface area contributed by atoms with E-state index in [4.69, 9.17) is 18.5 Å². The van der Waals surface area contributed by atoms with Crippen molar-refractivity contribution in [1.82, 2.24) is 0 Å². The Morgan fingerprint density at radius 1 is 1.09 bits per heavy atom. The van der Waals surface area contributed by atoms with E-state index in [0.717, 1.165) is 0 Å². The number of phenolic OH excluding ortho intramolecular Hbond substituents is 1. The summed E-state index contributed by atoms with van der Waals surface area (Å²) in [6, 6.07) is 4.37. The minimum atomic E-state index is -0.664. The molecule has 3 aromatic carbocycles. The molecule has 0 fully saturated rings. The fourth-order valence-electron chi connectivity index (χ4n) is 2.12. The van der Waals surface area contributed by atoms with Gasteiger partial charge in [0, 0.05) is 21.2 Å². The first kappa shape index (κ1) is 10.0. The molecule has 4 heteroatoms. The Kier molecular flexibility index (Phi) is 2.79. The van der Waals surface area contributed by atoms with E-state index in [1.54, 1.807) is 0 Å². The van der Waals surface area contributed by atoms with Crippen molar-refractivity contribution in [2.75, 3.05) is 0 Å². The lowest BCUT2D eigenvalue weighted by Gasteiger charge is -2.13. The molecule has 0 aliphatic heterocycles. The molecule has 1 N–H and O–H groups in total. The molecule has 22 heavy (non-hydrogen) atoms. The van der Waals surface area contributed by atoms with Crippen molar-refractivity contribution in [2.24, 2.45) is 0 Å². The van der Waals surface area contributed by atoms with Crippen LogP contribution in [0, 0.1) is 5.82 Å². The Morgan fingerprint density at radius 2 is 1.77 bits per heavy atom. The SMILES string of the molecule is [2H]c1c([2H])c([2H])c(-c2cc(Br)cc(-c3c(F)cccc3Cl)c2O)c([2H])c1[2H]. The molecular formula is C18H11BrClFO. The highest BCUT2D eigenvalue weighted by atomic mass is 79.9. The third kappa shape index (κ3) is 2.74. The van der Waals surface area contributed by atoms with E-state index in [0.29, 0.717) is 4.47 Å². The zero-order chi connectivity index (χ0) is 20.0. The molecule has 3 rings (SSSR count). The molecule has 0 radical (unpaired) electrons. The number of phenols is 1. The van der Waals surface area contributed by atoms with Crippen molar-refractivity contribution >= 4 is 27.5 Å². The van der Waals surface area contributed by atoms with Crippen LogP contribution < -0.4 is 0 Å². The first-order valence-electron chi connectivity index (χ1n) is 8.69. The van der Waals surface area contributed by atoms with E-state index < -0.39 is 41.8 Å². The summed E-state index contributed by atoms with van der Waals surface area (Å²) in [6.07, 6.45) is 0. The van der Waals surface area contributed by atoms with E-state index in [2.05, 4.69) is 15.9 Å². The van der Waals surface area contributed by atoms with Crippen molar-refractivity contribution in [2.45, 2.75) is 0 Å². The van der Waals surface area contributed by atoms with Gasteiger partial charge in [0.1, 0.15) is 11.6 Å². The normalized spacial score (nSPS) is 13.9. The van der Waals surface area contributed by atoms with Gasteiger partial charge < -0.3 is 5.11 Å². The van der Waals surface area contributed by atoms with Gasteiger partial charge in [-0.3, -0.25) is 0 Å². The monoisotopic (exact) mass is 381 g/mol. The predicted molar refractivity (Wildman–Crippen MR) is 91.6 cm³/mol. The van der Waals surface area contributed by atoms with Crippen LogP contribution in [-0.2, 0) is 0 Å². The van der Waals surface area contributed by atoms with Gasteiger partial charge >= 0.3 is 0 Å². The third-order valence-corrected chi connectivity index (χ3v) is 3.85. The lowest BCUT2D eigenvalue weighted by molar-refractivity contribution is 0.478. The molecule has 110 valence electrons. The number of hydrogen-bond acceptors (Lipinski definition) is 1. The van der Waals surface area contributed by atoms with Crippen LogP contribution in [0.15, 0.2) is 65.0 Å². The van der Waals surface area contributed by atoms with Gasteiger partial charge in [0.25, 0.3) is 0 Å². The summed E-state index contributed by atoms with van der Waals surface area (Å²) in [5.74, 6) is -1.10. The highest BCUT2D eigenvalue weighted by molar-refractivity contribution is 9.10. The predicted octanol–water partition coefficient (Wildman–Crippen LogP) is 6.28. The largest absolute Gasteiger partial charge is 0.507 e. The van der Waals surface area contributed by atoms with E-state index in [1.807, 2.05) is 0 Å². The maximum Gasteiger partial charge on any atom is 0.132 e. The molecule has 1 nitrogen and oxygen atoms in total. The topological polar surface area (TPSA) is 20.2 Å². The van der Waals surface area contributed by atoms with Gasteiger partial charge in [-0.05, 0) is 29.8 Å². The average molecular weight is 383 g/mol. The van der Waals surface area contributed by atoms with Crippen LogP contribution >= 0.6 is 27.5 Å². The Balaban J connectivity index is 2.41. The fraction of sp³-hybridized carbons (Fsp3) is 0. The number of halogens is 3. The maximum atomic E-state index is 14.4. The molecule has 0 atom stereocenters. The van der Waals surface area contributed by atoms with E-state index >= 15 is 0 Å². The summed E-state index contributed by atoms with van der Waals surface area (Å²) in [7, 11) is 0. The van der Waals surface area contributed by atoms with Gasteiger partial charge in [-0.1, -0.05) is 63.8 Å². The molecule has 0 amide bonds. The molecular weight excluding hydrogens is 367 g/mol. The average Bonchev–Trinajstić information content (AvgIpc) is 2.61. The number of benzene rings is 3. The fourth-order valence-corrected chi connectivity index (χ4v) is 2.84. The van der Waals surface area contributed by atoms with Crippen molar-refractivity contribution in [3.05, 3.63) is 75.9 Å².